The van der Waals surface area contributed by atoms with E-state index >= 15 is 0 Å². The first kappa shape index (κ1) is 13.9. The molecule has 104 valence electrons. The molecule has 1 aromatic carbocycles. The molecule has 1 fully saturated rings. The van der Waals surface area contributed by atoms with E-state index in [-0.39, 0.29) is 12.1 Å². The molecule has 0 saturated carbocycles. The van der Waals surface area contributed by atoms with Gasteiger partial charge in [-0.25, -0.2) is 4.79 Å². The van der Waals surface area contributed by atoms with Crippen molar-refractivity contribution >= 4 is 11.7 Å². The van der Waals surface area contributed by atoms with E-state index in [1.54, 1.807) is 0 Å². The maximum absolute atomic E-state index is 11.8. The van der Waals surface area contributed by atoms with Gasteiger partial charge >= 0.3 is 5.97 Å². The standard InChI is InChI=1S/C15H22N2O2/c1-3-19-15(18)13-8-7-12(10-11(13)2)17-9-5-4-6-14(17)16/h7-8,10,14H,3-6,9,16H2,1-2H3. The third-order valence-electron chi connectivity index (χ3n) is 3.59. The van der Waals surface area contributed by atoms with Gasteiger partial charge in [0.15, 0.2) is 0 Å². The zero-order valence-electron chi connectivity index (χ0n) is 11.7. The number of piperidine rings is 1. The zero-order valence-corrected chi connectivity index (χ0v) is 11.7. The van der Waals surface area contributed by atoms with Crippen LogP contribution in [-0.2, 0) is 4.74 Å². The van der Waals surface area contributed by atoms with Crippen LogP contribution < -0.4 is 10.6 Å². The first-order valence-corrected chi connectivity index (χ1v) is 6.93. The molecule has 0 spiro atoms. The van der Waals surface area contributed by atoms with Crippen LogP contribution >= 0.6 is 0 Å². The van der Waals surface area contributed by atoms with Gasteiger partial charge in [0.2, 0.25) is 0 Å². The van der Waals surface area contributed by atoms with Crippen molar-refractivity contribution < 1.29 is 9.53 Å². The Balaban J connectivity index is 2.20. The number of aryl methyl sites for hydroxylation is 1. The van der Waals surface area contributed by atoms with Crippen LogP contribution in [0.1, 0.15) is 42.1 Å². The van der Waals surface area contributed by atoms with Crippen LogP contribution in [0.5, 0.6) is 0 Å². The molecule has 4 nitrogen and oxygen atoms in total. The molecule has 1 aliphatic heterocycles. The molecule has 0 aromatic heterocycles. The van der Waals surface area contributed by atoms with E-state index in [0.29, 0.717) is 12.2 Å². The average molecular weight is 262 g/mol. The zero-order chi connectivity index (χ0) is 13.8. The van der Waals surface area contributed by atoms with Crippen LogP contribution in [0, 0.1) is 6.92 Å². The van der Waals surface area contributed by atoms with Crippen molar-refractivity contribution in [3.05, 3.63) is 29.3 Å². The van der Waals surface area contributed by atoms with Gasteiger partial charge in [0.05, 0.1) is 18.3 Å². The van der Waals surface area contributed by atoms with Crippen molar-refractivity contribution in [3.63, 3.8) is 0 Å². The van der Waals surface area contributed by atoms with Gasteiger partial charge in [-0.15, -0.1) is 0 Å². The van der Waals surface area contributed by atoms with Crippen molar-refractivity contribution in [1.82, 2.24) is 0 Å². The summed E-state index contributed by atoms with van der Waals surface area (Å²) in [5.74, 6) is -0.255. The molecule has 1 heterocycles. The van der Waals surface area contributed by atoms with Crippen molar-refractivity contribution in [1.29, 1.82) is 0 Å². The maximum Gasteiger partial charge on any atom is 0.338 e. The lowest BCUT2D eigenvalue weighted by atomic mass is 10.0. The lowest BCUT2D eigenvalue weighted by molar-refractivity contribution is 0.0525. The highest BCUT2D eigenvalue weighted by molar-refractivity contribution is 5.91. The number of hydrogen-bond acceptors (Lipinski definition) is 4. The molecular formula is C15H22N2O2. The molecule has 0 aliphatic carbocycles. The van der Waals surface area contributed by atoms with Gasteiger partial charge in [-0.05, 0) is 56.9 Å². The summed E-state index contributed by atoms with van der Waals surface area (Å²) in [5, 5.41) is 0. The highest BCUT2D eigenvalue weighted by atomic mass is 16.5. The molecule has 2 N–H and O–H groups in total. The SMILES string of the molecule is CCOC(=O)c1ccc(N2CCCCC2N)cc1C. The second kappa shape index (κ2) is 6.06. The fraction of sp³-hybridized carbons (Fsp3) is 0.533. The van der Waals surface area contributed by atoms with E-state index in [1.807, 2.05) is 32.0 Å². The molecule has 1 unspecified atom stereocenters. The quantitative estimate of drug-likeness (QED) is 0.850. The summed E-state index contributed by atoms with van der Waals surface area (Å²) in [7, 11) is 0. The fourth-order valence-electron chi connectivity index (χ4n) is 2.54. The van der Waals surface area contributed by atoms with Crippen molar-refractivity contribution in [3.8, 4) is 0 Å². The van der Waals surface area contributed by atoms with Gasteiger partial charge in [0, 0.05) is 12.2 Å². The van der Waals surface area contributed by atoms with Crippen molar-refractivity contribution in [2.24, 2.45) is 5.73 Å². The van der Waals surface area contributed by atoms with Gasteiger partial charge < -0.3 is 15.4 Å². The fourth-order valence-corrected chi connectivity index (χ4v) is 2.54. The van der Waals surface area contributed by atoms with Gasteiger partial charge in [-0.3, -0.25) is 0 Å². The van der Waals surface area contributed by atoms with Crippen LogP contribution in [0.25, 0.3) is 0 Å². The minimum atomic E-state index is -0.255. The molecule has 0 bridgehead atoms. The number of esters is 1. The van der Waals surface area contributed by atoms with E-state index in [0.717, 1.165) is 24.2 Å². The topological polar surface area (TPSA) is 55.6 Å². The number of nitrogens with two attached hydrogens (primary N) is 1. The third-order valence-corrected chi connectivity index (χ3v) is 3.59. The Bertz CT molecular complexity index is 459. The van der Waals surface area contributed by atoms with Crippen LogP contribution in [0.3, 0.4) is 0 Å². The third kappa shape index (κ3) is 3.07. The first-order valence-electron chi connectivity index (χ1n) is 6.93. The van der Waals surface area contributed by atoms with E-state index in [2.05, 4.69) is 4.90 Å². The summed E-state index contributed by atoms with van der Waals surface area (Å²) in [5.41, 5.74) is 8.81. The van der Waals surface area contributed by atoms with E-state index in [9.17, 15) is 4.79 Å². The lowest BCUT2D eigenvalue weighted by Gasteiger charge is -2.35. The minimum absolute atomic E-state index is 0.0848. The van der Waals surface area contributed by atoms with Crippen molar-refractivity contribution in [2.45, 2.75) is 39.3 Å². The Kier molecular flexibility index (Phi) is 4.43. The molecular weight excluding hydrogens is 240 g/mol. The molecule has 1 aromatic rings. The van der Waals surface area contributed by atoms with Gasteiger partial charge in [-0.2, -0.15) is 0 Å². The van der Waals surface area contributed by atoms with Crippen LogP contribution in [0.4, 0.5) is 5.69 Å². The lowest BCUT2D eigenvalue weighted by Crippen LogP contribution is -2.45. The van der Waals surface area contributed by atoms with Gasteiger partial charge in [-0.1, -0.05) is 0 Å². The van der Waals surface area contributed by atoms with E-state index in [1.165, 1.54) is 12.8 Å². The van der Waals surface area contributed by atoms with Gasteiger partial charge in [0.1, 0.15) is 0 Å². The van der Waals surface area contributed by atoms with Crippen LogP contribution in [0.2, 0.25) is 0 Å². The molecule has 0 amide bonds. The Morgan fingerprint density at radius 1 is 1.47 bits per heavy atom. The molecule has 1 saturated heterocycles. The number of ether oxygens (including phenoxy) is 1. The summed E-state index contributed by atoms with van der Waals surface area (Å²) in [6, 6.07) is 5.83. The summed E-state index contributed by atoms with van der Waals surface area (Å²) >= 11 is 0. The van der Waals surface area contributed by atoms with Gasteiger partial charge in [0.25, 0.3) is 0 Å². The first-order chi connectivity index (χ1) is 9.13. The number of anilines is 1. The highest BCUT2D eigenvalue weighted by Gasteiger charge is 2.20. The molecule has 1 atom stereocenters. The Morgan fingerprint density at radius 2 is 2.26 bits per heavy atom. The van der Waals surface area contributed by atoms with Crippen molar-refractivity contribution in [2.75, 3.05) is 18.1 Å². The summed E-state index contributed by atoms with van der Waals surface area (Å²) in [4.78, 5) is 14.0. The average Bonchev–Trinajstić information content (AvgIpc) is 2.39. The van der Waals surface area contributed by atoms with E-state index in [4.69, 9.17) is 10.5 Å². The Morgan fingerprint density at radius 3 is 2.89 bits per heavy atom. The monoisotopic (exact) mass is 262 g/mol. The number of carbonyl (C=O) groups excluding carboxylic acids is 1. The summed E-state index contributed by atoms with van der Waals surface area (Å²) in [6.45, 7) is 5.13. The van der Waals surface area contributed by atoms with Crippen LogP contribution in [0.15, 0.2) is 18.2 Å². The number of nitrogens with zero attached hydrogens (tertiary/aromatic N) is 1. The number of carbonyl (C=O) groups is 1. The predicted molar refractivity (Wildman–Crippen MR) is 76.3 cm³/mol. The maximum atomic E-state index is 11.8. The Labute approximate surface area is 114 Å². The smallest absolute Gasteiger partial charge is 0.338 e. The predicted octanol–water partition coefficient (Wildman–Crippen LogP) is 2.45. The normalized spacial score (nSPS) is 19.3. The van der Waals surface area contributed by atoms with E-state index < -0.39 is 0 Å². The number of benzene rings is 1. The van der Waals surface area contributed by atoms with Crippen LogP contribution in [-0.4, -0.2) is 25.3 Å². The molecule has 1 aliphatic rings. The highest BCUT2D eigenvalue weighted by Crippen LogP contribution is 2.25. The summed E-state index contributed by atoms with van der Waals surface area (Å²) < 4.78 is 5.04. The molecule has 4 heteroatoms. The largest absolute Gasteiger partial charge is 0.462 e. The minimum Gasteiger partial charge on any atom is -0.462 e. The molecule has 0 radical (unpaired) electrons. The summed E-state index contributed by atoms with van der Waals surface area (Å²) in [6.07, 6.45) is 3.48. The second-order valence-corrected chi connectivity index (χ2v) is 4.98. The molecule has 19 heavy (non-hydrogen) atoms. The molecule has 2 rings (SSSR count). The number of rotatable bonds is 3. The number of hydrogen-bond donors (Lipinski definition) is 1. The second-order valence-electron chi connectivity index (χ2n) is 4.98. The Hall–Kier alpha value is -1.55.